The second kappa shape index (κ2) is 6.25. The highest BCUT2D eigenvalue weighted by atomic mass is 32.2. The van der Waals surface area contributed by atoms with Crippen LogP contribution in [0.2, 0.25) is 0 Å². The van der Waals surface area contributed by atoms with Crippen LogP contribution in [0.25, 0.3) is 0 Å². The van der Waals surface area contributed by atoms with Gasteiger partial charge >= 0.3 is 6.18 Å². The van der Waals surface area contributed by atoms with E-state index in [0.29, 0.717) is 27.9 Å². The van der Waals surface area contributed by atoms with Gasteiger partial charge in [0.05, 0.1) is 23.5 Å². The maximum absolute atomic E-state index is 12.5. The smallest absolute Gasteiger partial charge is 0.276 e. The van der Waals surface area contributed by atoms with Crippen LogP contribution in [0.5, 0.6) is 0 Å². The summed E-state index contributed by atoms with van der Waals surface area (Å²) in [5.74, 6) is -0.0415. The van der Waals surface area contributed by atoms with Crippen molar-refractivity contribution in [2.24, 2.45) is 23.7 Å². The van der Waals surface area contributed by atoms with Crippen molar-refractivity contribution in [3.63, 3.8) is 0 Å². The molecule has 2 aliphatic rings. The van der Waals surface area contributed by atoms with Crippen molar-refractivity contribution < 1.29 is 27.0 Å². The van der Waals surface area contributed by atoms with Crippen LogP contribution >= 0.6 is 12.0 Å². The van der Waals surface area contributed by atoms with E-state index in [4.69, 9.17) is 4.28 Å². The monoisotopic (exact) mass is 357 g/mol. The molecule has 0 N–H and O–H groups in total. The molecule has 24 heavy (non-hydrogen) atoms. The molecule has 0 aliphatic heterocycles. The summed E-state index contributed by atoms with van der Waals surface area (Å²) in [5.41, 5.74) is -0.777. The van der Waals surface area contributed by atoms with Crippen molar-refractivity contribution in [1.29, 1.82) is 0 Å². The van der Waals surface area contributed by atoms with E-state index in [-0.39, 0.29) is 24.2 Å². The molecule has 1 aromatic carbocycles. The van der Waals surface area contributed by atoms with Crippen molar-refractivity contribution >= 4 is 24.4 Å². The van der Waals surface area contributed by atoms with Gasteiger partial charge in [-0.2, -0.15) is 17.5 Å². The van der Waals surface area contributed by atoms with Crippen LogP contribution in [-0.4, -0.2) is 17.4 Å². The third kappa shape index (κ3) is 2.95. The predicted octanol–water partition coefficient (Wildman–Crippen LogP) is 3.70. The Balaban J connectivity index is 1.59. The molecule has 0 bridgehead atoms. The van der Waals surface area contributed by atoms with E-state index in [0.717, 1.165) is 12.1 Å². The summed E-state index contributed by atoms with van der Waals surface area (Å²) < 4.78 is 42.6. The highest BCUT2D eigenvalue weighted by Gasteiger charge is 2.54. The van der Waals surface area contributed by atoms with E-state index in [1.807, 2.05) is 19.1 Å². The lowest BCUT2D eigenvalue weighted by Gasteiger charge is -2.52. The second-order valence-corrected chi connectivity index (χ2v) is 6.66. The van der Waals surface area contributed by atoms with Gasteiger partial charge in [-0.3, -0.25) is 9.59 Å². The molecule has 8 heteroatoms. The Morgan fingerprint density at radius 3 is 2.29 bits per heavy atom. The van der Waals surface area contributed by atoms with Crippen molar-refractivity contribution in [2.75, 3.05) is 0 Å². The summed E-state index contributed by atoms with van der Waals surface area (Å²) in [6.07, 6.45) is -0.148. The van der Waals surface area contributed by atoms with Crippen LogP contribution in [0.4, 0.5) is 13.2 Å². The van der Waals surface area contributed by atoms with Crippen LogP contribution in [0.15, 0.2) is 41.3 Å². The fourth-order valence-corrected chi connectivity index (χ4v) is 3.64. The number of hydrogen-bond donors (Lipinski definition) is 0. The molecule has 4 unspecified atom stereocenters. The Labute approximate surface area is 140 Å². The van der Waals surface area contributed by atoms with Gasteiger partial charge in [0, 0.05) is 4.90 Å². The number of carbonyl (C=O) groups is 2. The lowest BCUT2D eigenvalue weighted by Crippen LogP contribution is -2.55. The van der Waals surface area contributed by atoms with Crippen molar-refractivity contribution in [1.82, 2.24) is 5.06 Å². The number of nitrogens with zero attached hydrogens (tertiary/aromatic N) is 1. The zero-order valence-electron chi connectivity index (χ0n) is 12.6. The Morgan fingerprint density at radius 1 is 1.21 bits per heavy atom. The van der Waals surface area contributed by atoms with Gasteiger partial charge in [0.2, 0.25) is 6.41 Å². The Hall–Kier alpha value is -1.80. The fraction of sp³-hybridized carbons (Fsp3) is 0.375. The molecule has 1 saturated carbocycles. The first kappa shape index (κ1) is 17.0. The van der Waals surface area contributed by atoms with Gasteiger partial charge in [-0.15, -0.1) is 5.06 Å². The lowest BCUT2D eigenvalue weighted by molar-refractivity contribution is -0.174. The molecular formula is C16H14F3NO3S. The molecule has 3 rings (SSSR count). The highest BCUT2D eigenvalue weighted by Crippen LogP contribution is 2.53. The topological polar surface area (TPSA) is 46.6 Å². The maximum atomic E-state index is 12.5. The summed E-state index contributed by atoms with van der Waals surface area (Å²) >= 11 is 0.663. The minimum Gasteiger partial charge on any atom is -0.276 e. The molecule has 2 aliphatic carbocycles. The zero-order chi connectivity index (χ0) is 17.5. The number of alkyl halides is 3. The first-order valence-electron chi connectivity index (χ1n) is 7.31. The molecule has 0 spiro atoms. The number of rotatable bonds is 5. The molecule has 0 radical (unpaired) electrons. The minimum atomic E-state index is -4.41. The fourth-order valence-electron chi connectivity index (χ4n) is 3.12. The normalized spacial score (nSPS) is 27.7. The molecule has 0 saturated heterocycles. The second-order valence-electron chi connectivity index (χ2n) is 5.87. The number of fused-ring (bicyclic) bond motifs is 1. The number of imide groups is 1. The van der Waals surface area contributed by atoms with Gasteiger partial charge < -0.3 is 0 Å². The maximum Gasteiger partial charge on any atom is 0.416 e. The van der Waals surface area contributed by atoms with Gasteiger partial charge in [0.15, 0.2) is 0 Å². The summed E-state index contributed by atoms with van der Waals surface area (Å²) in [7, 11) is 0. The van der Waals surface area contributed by atoms with E-state index in [1.54, 1.807) is 0 Å². The molecule has 4 nitrogen and oxygen atoms in total. The van der Waals surface area contributed by atoms with Crippen LogP contribution in [-0.2, 0) is 20.0 Å². The number of allylic oxidation sites excluding steroid dienone is 2. The summed E-state index contributed by atoms with van der Waals surface area (Å²) in [5, 5.41) is 0.617. The number of amides is 2. The molecule has 0 aromatic heterocycles. The molecular weight excluding hydrogens is 343 g/mol. The van der Waals surface area contributed by atoms with Gasteiger partial charge in [0.1, 0.15) is 0 Å². The van der Waals surface area contributed by atoms with E-state index in [1.165, 1.54) is 12.1 Å². The van der Waals surface area contributed by atoms with Crippen LogP contribution in [0.3, 0.4) is 0 Å². The minimum absolute atomic E-state index is 0.148. The van der Waals surface area contributed by atoms with E-state index in [2.05, 4.69) is 0 Å². The summed E-state index contributed by atoms with van der Waals surface area (Å²) in [4.78, 5) is 23.8. The van der Waals surface area contributed by atoms with Gasteiger partial charge in [-0.1, -0.05) is 19.1 Å². The van der Waals surface area contributed by atoms with Gasteiger partial charge in [-0.05, 0) is 42.0 Å². The predicted molar refractivity (Wildman–Crippen MR) is 80.1 cm³/mol. The number of benzene rings is 1. The van der Waals surface area contributed by atoms with Crippen molar-refractivity contribution in [2.45, 2.75) is 18.0 Å². The molecule has 128 valence electrons. The third-order valence-electron chi connectivity index (χ3n) is 4.58. The number of hydrogen-bond acceptors (Lipinski definition) is 4. The highest BCUT2D eigenvalue weighted by molar-refractivity contribution is 7.94. The first-order valence-corrected chi connectivity index (χ1v) is 8.05. The van der Waals surface area contributed by atoms with Crippen LogP contribution in [0.1, 0.15) is 12.5 Å². The molecule has 4 atom stereocenters. The summed E-state index contributed by atoms with van der Waals surface area (Å²) in [6, 6.07) is 4.27. The van der Waals surface area contributed by atoms with Crippen molar-refractivity contribution in [3.05, 3.63) is 42.0 Å². The quantitative estimate of drug-likeness (QED) is 0.349. The average molecular weight is 357 g/mol. The van der Waals surface area contributed by atoms with Crippen LogP contribution < -0.4 is 0 Å². The van der Waals surface area contributed by atoms with Crippen molar-refractivity contribution in [3.8, 4) is 0 Å². The van der Waals surface area contributed by atoms with E-state index < -0.39 is 17.6 Å². The lowest BCUT2D eigenvalue weighted by atomic mass is 9.52. The first-order chi connectivity index (χ1) is 11.3. The van der Waals surface area contributed by atoms with E-state index in [9.17, 15) is 22.8 Å². The third-order valence-corrected chi connectivity index (χ3v) is 5.28. The average Bonchev–Trinajstić information content (AvgIpc) is 2.51. The van der Waals surface area contributed by atoms with Gasteiger partial charge in [0.25, 0.3) is 5.91 Å². The standard InChI is InChI=1S/C16H14F3NO3S/c1-9-12-6-7-13(12)14(9)15(22)20(8-21)23-24-11-4-2-10(3-5-11)16(17,18)19/h2-9,12-14H,1H3. The Morgan fingerprint density at radius 2 is 1.83 bits per heavy atom. The Kier molecular flexibility index (Phi) is 4.44. The molecule has 1 aromatic rings. The Bertz CT molecular complexity index is 674. The zero-order valence-corrected chi connectivity index (χ0v) is 13.4. The number of hydroxylamine groups is 2. The van der Waals surface area contributed by atoms with E-state index >= 15 is 0 Å². The molecule has 1 fully saturated rings. The van der Waals surface area contributed by atoms with Crippen LogP contribution in [0, 0.1) is 23.7 Å². The largest absolute Gasteiger partial charge is 0.416 e. The number of carbonyl (C=O) groups excluding carboxylic acids is 2. The molecule has 0 heterocycles. The SMILES string of the molecule is CC1C2C=CC2C1C(=O)N(C=O)OSc1ccc(C(F)(F)F)cc1. The number of halogens is 3. The van der Waals surface area contributed by atoms with Gasteiger partial charge in [-0.25, -0.2) is 0 Å². The molecule has 2 amide bonds. The summed E-state index contributed by atoms with van der Waals surface area (Å²) in [6.45, 7) is 1.94.